The first kappa shape index (κ1) is 14.0. The maximum absolute atomic E-state index is 12.2. The zero-order valence-corrected chi connectivity index (χ0v) is 13.4. The number of thiazole rings is 1. The van der Waals surface area contributed by atoms with E-state index < -0.39 is 0 Å². The maximum Gasteiger partial charge on any atom is 0.251 e. The zero-order chi connectivity index (χ0) is 15.1. The molecule has 1 atom stereocenters. The van der Waals surface area contributed by atoms with E-state index in [0.717, 1.165) is 30.0 Å². The summed E-state index contributed by atoms with van der Waals surface area (Å²) in [6.07, 6.45) is 1.81. The third-order valence-corrected chi connectivity index (χ3v) is 5.24. The second-order valence-corrected chi connectivity index (χ2v) is 7.02. The molecular formula is C16H19N3O2S. The monoisotopic (exact) mass is 317 g/mol. The van der Waals surface area contributed by atoms with Crippen molar-refractivity contribution in [3.8, 4) is 0 Å². The van der Waals surface area contributed by atoms with Crippen molar-refractivity contribution < 1.29 is 9.53 Å². The lowest BCUT2D eigenvalue weighted by molar-refractivity contribution is -0.133. The summed E-state index contributed by atoms with van der Waals surface area (Å²) in [5, 5.41) is 4.01. The van der Waals surface area contributed by atoms with Crippen LogP contribution in [0.1, 0.15) is 18.4 Å². The first-order chi connectivity index (χ1) is 10.7. The van der Waals surface area contributed by atoms with Crippen molar-refractivity contribution in [3.05, 3.63) is 23.8 Å². The van der Waals surface area contributed by atoms with Crippen LogP contribution in [0.5, 0.6) is 0 Å². The molecule has 6 heteroatoms. The summed E-state index contributed by atoms with van der Waals surface area (Å²) in [6.45, 7) is 4.01. The molecule has 1 unspecified atom stereocenters. The molecule has 1 aromatic carbocycles. The molecule has 0 spiro atoms. The minimum atomic E-state index is -0.387. The quantitative estimate of drug-likeness (QED) is 0.942. The topological polar surface area (TPSA) is 54.5 Å². The van der Waals surface area contributed by atoms with Crippen LogP contribution in [-0.2, 0) is 9.53 Å². The number of aromatic nitrogens is 1. The van der Waals surface area contributed by atoms with Gasteiger partial charge in [-0.1, -0.05) is 23.5 Å². The number of benzene rings is 1. The van der Waals surface area contributed by atoms with Gasteiger partial charge in [-0.3, -0.25) is 4.79 Å². The summed E-state index contributed by atoms with van der Waals surface area (Å²) in [5.74, 6) is 0.0180. The van der Waals surface area contributed by atoms with Gasteiger partial charge in [-0.15, -0.1) is 0 Å². The SMILES string of the molecule is Cc1cccc2sc(N3CCOC(C(=O)NC4CC4)C3)nc12. The number of nitrogens with zero attached hydrogens (tertiary/aromatic N) is 2. The third kappa shape index (κ3) is 2.68. The van der Waals surface area contributed by atoms with Gasteiger partial charge in [0.05, 0.1) is 23.4 Å². The van der Waals surface area contributed by atoms with Gasteiger partial charge >= 0.3 is 0 Å². The number of amides is 1. The van der Waals surface area contributed by atoms with Crippen molar-refractivity contribution in [3.63, 3.8) is 0 Å². The lowest BCUT2D eigenvalue weighted by Gasteiger charge is -2.31. The standard InChI is InChI=1S/C16H19N3O2S/c1-10-3-2-4-13-14(10)18-16(22-13)19-7-8-21-12(9-19)15(20)17-11-5-6-11/h2-4,11-12H,5-9H2,1H3,(H,17,20). The second-order valence-electron chi connectivity index (χ2n) is 6.01. The van der Waals surface area contributed by atoms with Crippen molar-refractivity contribution in [1.29, 1.82) is 0 Å². The Morgan fingerprint density at radius 1 is 1.45 bits per heavy atom. The summed E-state index contributed by atoms with van der Waals surface area (Å²) in [7, 11) is 0. The van der Waals surface area contributed by atoms with E-state index in [1.54, 1.807) is 11.3 Å². The molecule has 0 bridgehead atoms. The number of carbonyl (C=O) groups is 1. The first-order valence-electron chi connectivity index (χ1n) is 7.74. The lowest BCUT2D eigenvalue weighted by atomic mass is 10.2. The molecule has 5 nitrogen and oxygen atoms in total. The Hall–Kier alpha value is -1.66. The fraction of sp³-hybridized carbons (Fsp3) is 0.500. The van der Waals surface area contributed by atoms with Crippen molar-refractivity contribution >= 4 is 32.6 Å². The van der Waals surface area contributed by atoms with E-state index in [-0.39, 0.29) is 12.0 Å². The van der Waals surface area contributed by atoms with Crippen LogP contribution in [0.15, 0.2) is 18.2 Å². The summed E-state index contributed by atoms with van der Waals surface area (Å²) in [4.78, 5) is 19.1. The van der Waals surface area contributed by atoms with Crippen LogP contribution in [0.25, 0.3) is 10.2 Å². The van der Waals surface area contributed by atoms with Crippen molar-refractivity contribution in [2.24, 2.45) is 0 Å². The summed E-state index contributed by atoms with van der Waals surface area (Å²) in [6, 6.07) is 6.61. The number of anilines is 1. The van der Waals surface area contributed by atoms with E-state index >= 15 is 0 Å². The van der Waals surface area contributed by atoms with Gasteiger partial charge in [-0.2, -0.15) is 0 Å². The highest BCUT2D eigenvalue weighted by Crippen LogP contribution is 2.31. The van der Waals surface area contributed by atoms with Crippen LogP contribution in [0.4, 0.5) is 5.13 Å². The normalized spacial score (nSPS) is 22.0. The molecule has 1 aromatic heterocycles. The molecule has 1 saturated carbocycles. The second kappa shape index (κ2) is 5.52. The number of rotatable bonds is 3. The molecule has 1 saturated heterocycles. The number of morpholine rings is 1. The van der Waals surface area contributed by atoms with Crippen LogP contribution in [-0.4, -0.2) is 42.7 Å². The number of fused-ring (bicyclic) bond motifs is 1. The van der Waals surface area contributed by atoms with Crippen molar-refractivity contribution in [2.75, 3.05) is 24.6 Å². The molecule has 1 amide bonds. The molecule has 4 rings (SSSR count). The Balaban J connectivity index is 1.52. The highest BCUT2D eigenvalue weighted by molar-refractivity contribution is 7.22. The summed E-state index contributed by atoms with van der Waals surface area (Å²) in [5.41, 5.74) is 2.25. The minimum Gasteiger partial charge on any atom is -0.365 e. The maximum atomic E-state index is 12.2. The predicted octanol–water partition coefficient (Wildman–Crippen LogP) is 2.09. The number of aryl methyl sites for hydroxylation is 1. The average molecular weight is 317 g/mol. The van der Waals surface area contributed by atoms with E-state index in [9.17, 15) is 4.79 Å². The Morgan fingerprint density at radius 3 is 3.09 bits per heavy atom. The lowest BCUT2D eigenvalue weighted by Crippen LogP contribution is -2.50. The molecule has 1 aliphatic heterocycles. The molecule has 2 aliphatic rings. The zero-order valence-electron chi connectivity index (χ0n) is 12.5. The van der Waals surface area contributed by atoms with Gasteiger partial charge in [0.1, 0.15) is 0 Å². The highest BCUT2D eigenvalue weighted by atomic mass is 32.1. The van der Waals surface area contributed by atoms with E-state index in [1.807, 2.05) is 0 Å². The number of ether oxygens (including phenoxy) is 1. The Bertz CT molecular complexity index is 710. The number of hydrogen-bond acceptors (Lipinski definition) is 5. The molecule has 1 aliphatic carbocycles. The fourth-order valence-corrected chi connectivity index (χ4v) is 3.79. The smallest absolute Gasteiger partial charge is 0.251 e. The highest BCUT2D eigenvalue weighted by Gasteiger charge is 2.32. The molecule has 22 heavy (non-hydrogen) atoms. The molecule has 116 valence electrons. The van der Waals surface area contributed by atoms with Crippen molar-refractivity contribution in [1.82, 2.24) is 10.3 Å². The van der Waals surface area contributed by atoms with Crippen LogP contribution < -0.4 is 10.2 Å². The van der Waals surface area contributed by atoms with Gasteiger partial charge < -0.3 is 15.0 Å². The molecule has 0 radical (unpaired) electrons. The largest absolute Gasteiger partial charge is 0.365 e. The van der Waals surface area contributed by atoms with Crippen LogP contribution >= 0.6 is 11.3 Å². The molecule has 2 heterocycles. The number of para-hydroxylation sites is 1. The van der Waals surface area contributed by atoms with E-state index in [1.165, 1.54) is 10.3 Å². The number of carbonyl (C=O) groups excluding carboxylic acids is 1. The van der Waals surface area contributed by atoms with Crippen LogP contribution in [0.2, 0.25) is 0 Å². The summed E-state index contributed by atoms with van der Waals surface area (Å²) < 4.78 is 6.84. The van der Waals surface area contributed by atoms with Gasteiger partial charge in [0.15, 0.2) is 11.2 Å². The third-order valence-electron chi connectivity index (χ3n) is 4.16. The molecule has 2 aromatic rings. The van der Waals surface area contributed by atoms with Gasteiger partial charge in [0, 0.05) is 12.6 Å². The molecular weight excluding hydrogens is 298 g/mol. The Kier molecular flexibility index (Phi) is 3.50. The Labute approximate surface area is 133 Å². The number of hydrogen-bond donors (Lipinski definition) is 1. The Morgan fingerprint density at radius 2 is 2.32 bits per heavy atom. The fourth-order valence-electron chi connectivity index (χ4n) is 2.71. The van der Waals surface area contributed by atoms with Gasteiger partial charge in [-0.05, 0) is 31.4 Å². The summed E-state index contributed by atoms with van der Waals surface area (Å²) >= 11 is 1.69. The van der Waals surface area contributed by atoms with E-state index in [0.29, 0.717) is 19.2 Å². The average Bonchev–Trinajstić information content (AvgIpc) is 3.23. The van der Waals surface area contributed by atoms with E-state index in [4.69, 9.17) is 9.72 Å². The van der Waals surface area contributed by atoms with Crippen molar-refractivity contribution in [2.45, 2.75) is 31.9 Å². The van der Waals surface area contributed by atoms with Gasteiger partial charge in [0.25, 0.3) is 5.91 Å². The molecule has 1 N–H and O–H groups in total. The molecule has 2 fully saturated rings. The van der Waals surface area contributed by atoms with E-state index in [2.05, 4.69) is 35.3 Å². The van der Waals surface area contributed by atoms with Gasteiger partial charge in [-0.25, -0.2) is 4.98 Å². The number of nitrogens with one attached hydrogen (secondary N) is 1. The van der Waals surface area contributed by atoms with Crippen LogP contribution in [0.3, 0.4) is 0 Å². The van der Waals surface area contributed by atoms with Crippen LogP contribution in [0, 0.1) is 6.92 Å². The van der Waals surface area contributed by atoms with Gasteiger partial charge in [0.2, 0.25) is 0 Å². The first-order valence-corrected chi connectivity index (χ1v) is 8.55. The predicted molar refractivity (Wildman–Crippen MR) is 87.5 cm³/mol. The minimum absolute atomic E-state index is 0.0180.